The highest BCUT2D eigenvalue weighted by atomic mass is 79.9. The molecule has 2 nitrogen and oxygen atoms in total. The zero-order valence-corrected chi connectivity index (χ0v) is 11.9. The fourth-order valence-corrected chi connectivity index (χ4v) is 2.37. The maximum atomic E-state index is 5.86. The van der Waals surface area contributed by atoms with Crippen molar-refractivity contribution in [3.05, 3.63) is 51.1 Å². The van der Waals surface area contributed by atoms with Gasteiger partial charge in [0.25, 0.3) is 0 Å². The van der Waals surface area contributed by atoms with Crippen LogP contribution in [0.4, 0.5) is 11.5 Å². The molecule has 0 saturated heterocycles. The highest BCUT2D eigenvalue weighted by Crippen LogP contribution is 2.29. The second-order valence-corrected chi connectivity index (χ2v) is 5.17. The number of para-hydroxylation sites is 1. The number of aromatic nitrogens is 1. The van der Waals surface area contributed by atoms with Gasteiger partial charge < -0.3 is 5.32 Å². The van der Waals surface area contributed by atoms with Crippen LogP contribution in [0, 0.1) is 13.8 Å². The Balaban J connectivity index is 2.38. The van der Waals surface area contributed by atoms with E-state index in [1.807, 2.05) is 12.1 Å². The third-order valence-electron chi connectivity index (χ3n) is 2.53. The molecule has 17 heavy (non-hydrogen) atoms. The van der Waals surface area contributed by atoms with Crippen molar-refractivity contribution < 1.29 is 0 Å². The van der Waals surface area contributed by atoms with Gasteiger partial charge in [0.05, 0.1) is 9.50 Å². The van der Waals surface area contributed by atoms with Gasteiger partial charge in [-0.25, -0.2) is 4.98 Å². The van der Waals surface area contributed by atoms with Crippen molar-refractivity contribution >= 4 is 39.0 Å². The molecule has 0 aliphatic rings. The molecule has 0 amide bonds. The molecule has 0 fully saturated rings. The van der Waals surface area contributed by atoms with E-state index < -0.39 is 0 Å². The van der Waals surface area contributed by atoms with E-state index in [-0.39, 0.29) is 0 Å². The molecule has 0 unspecified atom stereocenters. The quantitative estimate of drug-likeness (QED) is 0.857. The van der Waals surface area contributed by atoms with E-state index in [1.165, 1.54) is 11.1 Å². The van der Waals surface area contributed by atoms with Gasteiger partial charge in [0.1, 0.15) is 5.82 Å². The molecule has 1 aromatic heterocycles. The first-order valence-electron chi connectivity index (χ1n) is 5.22. The number of anilines is 2. The van der Waals surface area contributed by atoms with Crippen LogP contribution < -0.4 is 5.32 Å². The Morgan fingerprint density at radius 1 is 1.24 bits per heavy atom. The van der Waals surface area contributed by atoms with Crippen LogP contribution in [0.25, 0.3) is 0 Å². The molecule has 0 spiro atoms. The summed E-state index contributed by atoms with van der Waals surface area (Å²) in [5, 5.41) is 3.93. The summed E-state index contributed by atoms with van der Waals surface area (Å²) in [7, 11) is 0. The molecule has 4 heteroatoms. The molecule has 2 aromatic rings. The molecule has 0 radical (unpaired) electrons. The molecular formula is C13H12BrClN2. The van der Waals surface area contributed by atoms with Crippen molar-refractivity contribution in [1.82, 2.24) is 4.98 Å². The van der Waals surface area contributed by atoms with Gasteiger partial charge in [-0.1, -0.05) is 29.8 Å². The Hall–Kier alpha value is -1.06. The lowest BCUT2D eigenvalue weighted by Gasteiger charge is -2.13. The number of hydrogen-bond donors (Lipinski definition) is 1. The molecule has 1 aromatic carbocycles. The normalized spacial score (nSPS) is 10.4. The van der Waals surface area contributed by atoms with E-state index in [0.717, 1.165) is 16.0 Å². The Bertz CT molecular complexity index is 535. The molecule has 0 aliphatic heterocycles. The number of hydrogen-bond acceptors (Lipinski definition) is 2. The van der Waals surface area contributed by atoms with Crippen molar-refractivity contribution in [2.45, 2.75) is 13.8 Å². The molecular weight excluding hydrogens is 300 g/mol. The number of nitrogens with zero attached hydrogens (tertiary/aromatic N) is 1. The Morgan fingerprint density at radius 3 is 2.47 bits per heavy atom. The van der Waals surface area contributed by atoms with Crippen LogP contribution in [0.1, 0.15) is 11.1 Å². The van der Waals surface area contributed by atoms with Gasteiger partial charge in [-0.05, 0) is 47.0 Å². The van der Waals surface area contributed by atoms with Crippen molar-refractivity contribution in [3.63, 3.8) is 0 Å². The summed E-state index contributed by atoms with van der Waals surface area (Å²) >= 11 is 9.31. The van der Waals surface area contributed by atoms with Crippen molar-refractivity contribution in [1.29, 1.82) is 0 Å². The van der Waals surface area contributed by atoms with Gasteiger partial charge in [0.15, 0.2) is 0 Å². The zero-order valence-electron chi connectivity index (χ0n) is 9.59. The van der Waals surface area contributed by atoms with Crippen LogP contribution >= 0.6 is 27.5 Å². The Labute approximate surface area is 114 Å². The van der Waals surface area contributed by atoms with Crippen LogP contribution in [0.5, 0.6) is 0 Å². The average molecular weight is 312 g/mol. The van der Waals surface area contributed by atoms with Gasteiger partial charge in [0, 0.05) is 11.9 Å². The van der Waals surface area contributed by atoms with Gasteiger partial charge in [0.2, 0.25) is 0 Å². The van der Waals surface area contributed by atoms with E-state index in [9.17, 15) is 0 Å². The highest BCUT2D eigenvalue weighted by Gasteiger charge is 2.06. The third-order valence-corrected chi connectivity index (χ3v) is 3.34. The minimum absolute atomic E-state index is 0.615. The van der Waals surface area contributed by atoms with Crippen molar-refractivity contribution in [3.8, 4) is 0 Å². The van der Waals surface area contributed by atoms with E-state index >= 15 is 0 Å². The highest BCUT2D eigenvalue weighted by molar-refractivity contribution is 9.10. The number of nitrogens with one attached hydrogen (secondary N) is 1. The number of halogens is 2. The van der Waals surface area contributed by atoms with Crippen LogP contribution in [0.2, 0.25) is 5.02 Å². The molecule has 1 heterocycles. The summed E-state index contributed by atoms with van der Waals surface area (Å²) < 4.78 is 0.854. The predicted octanol–water partition coefficient (Wildman–Crippen LogP) is 4.86. The first kappa shape index (κ1) is 12.4. The number of pyridine rings is 1. The monoisotopic (exact) mass is 310 g/mol. The summed E-state index contributed by atoms with van der Waals surface area (Å²) in [5.41, 5.74) is 3.46. The lowest BCUT2D eigenvalue weighted by Crippen LogP contribution is -1.98. The second kappa shape index (κ2) is 5.07. The number of benzene rings is 1. The van der Waals surface area contributed by atoms with E-state index in [4.69, 9.17) is 11.6 Å². The van der Waals surface area contributed by atoms with Gasteiger partial charge >= 0.3 is 0 Å². The minimum Gasteiger partial charge on any atom is -0.339 e. The lowest BCUT2D eigenvalue weighted by molar-refractivity contribution is 1.26. The van der Waals surface area contributed by atoms with Crippen LogP contribution in [-0.4, -0.2) is 4.98 Å². The summed E-state index contributed by atoms with van der Waals surface area (Å²) in [4.78, 5) is 4.27. The molecule has 88 valence electrons. The lowest BCUT2D eigenvalue weighted by atomic mass is 10.1. The topological polar surface area (TPSA) is 24.9 Å². The molecule has 1 N–H and O–H groups in total. The van der Waals surface area contributed by atoms with E-state index in [1.54, 1.807) is 6.20 Å². The maximum Gasteiger partial charge on any atom is 0.144 e. The predicted molar refractivity (Wildman–Crippen MR) is 76.1 cm³/mol. The second-order valence-electron chi connectivity index (χ2n) is 3.88. The van der Waals surface area contributed by atoms with Crippen LogP contribution in [0.15, 0.2) is 34.9 Å². The zero-order chi connectivity index (χ0) is 12.4. The van der Waals surface area contributed by atoms with Gasteiger partial charge in [-0.3, -0.25) is 0 Å². The van der Waals surface area contributed by atoms with E-state index in [2.05, 4.69) is 52.2 Å². The SMILES string of the molecule is Cc1cccc(C)c1Nc1ncc(Cl)cc1Br. The maximum absolute atomic E-state index is 5.86. The first-order chi connectivity index (χ1) is 8.08. The van der Waals surface area contributed by atoms with Gasteiger partial charge in [-0.2, -0.15) is 0 Å². The Morgan fingerprint density at radius 2 is 1.88 bits per heavy atom. The number of rotatable bonds is 2. The fraction of sp³-hybridized carbons (Fsp3) is 0.154. The van der Waals surface area contributed by atoms with Gasteiger partial charge in [-0.15, -0.1) is 0 Å². The average Bonchev–Trinajstić information content (AvgIpc) is 2.26. The minimum atomic E-state index is 0.615. The molecule has 2 rings (SSSR count). The van der Waals surface area contributed by atoms with Crippen LogP contribution in [0.3, 0.4) is 0 Å². The van der Waals surface area contributed by atoms with E-state index in [0.29, 0.717) is 5.02 Å². The molecule has 0 saturated carbocycles. The first-order valence-corrected chi connectivity index (χ1v) is 6.39. The molecule has 0 atom stereocenters. The van der Waals surface area contributed by atoms with Crippen molar-refractivity contribution in [2.24, 2.45) is 0 Å². The third kappa shape index (κ3) is 2.79. The molecule has 0 aliphatic carbocycles. The summed E-state index contributed by atoms with van der Waals surface area (Å²) in [6, 6.07) is 8.00. The largest absolute Gasteiger partial charge is 0.339 e. The van der Waals surface area contributed by atoms with Crippen LogP contribution in [-0.2, 0) is 0 Å². The molecule has 0 bridgehead atoms. The summed E-state index contributed by atoms with van der Waals surface area (Å²) in [5.74, 6) is 0.770. The standard InChI is InChI=1S/C13H12BrClN2/c1-8-4-3-5-9(2)12(8)17-13-11(14)6-10(15)7-16-13/h3-7H,1-2H3,(H,16,17). The smallest absolute Gasteiger partial charge is 0.144 e. The summed E-state index contributed by atoms with van der Waals surface area (Å²) in [6.07, 6.45) is 1.63. The Kier molecular flexibility index (Phi) is 3.69. The van der Waals surface area contributed by atoms with Crippen molar-refractivity contribution in [2.75, 3.05) is 5.32 Å². The summed E-state index contributed by atoms with van der Waals surface area (Å²) in [6.45, 7) is 4.14. The fourth-order valence-electron chi connectivity index (χ4n) is 1.64. The number of aryl methyl sites for hydroxylation is 2.